The highest BCUT2D eigenvalue weighted by atomic mass is 16.5. The fourth-order valence-corrected chi connectivity index (χ4v) is 5.68. The SMILES string of the molecule is C=CC(CC(=N)N1CCCCC1)C(=O)N1CC(Oc2cc(-c3ccccc3)nc3cc(OC)ccc23)CC1C(=O)O. The Morgan fingerprint density at radius 3 is 2.59 bits per heavy atom. The number of aliphatic carboxylic acids is 1. The molecule has 0 aliphatic carbocycles. The standard InChI is InChI=1S/C32H36N4O5/c1-3-21(16-30(33)35-14-8-5-9-15-35)31(37)36-20-24(18-28(36)32(38)39)41-29-19-26(22-10-6-4-7-11-22)34-27-17-23(40-2)12-13-25(27)29/h3-4,6-7,10-13,17,19,21,24,28,33H,1,5,8-9,14-16,18,20H2,2H3,(H,38,39). The van der Waals surface area contributed by atoms with E-state index in [0.717, 1.165) is 43.3 Å². The Balaban J connectivity index is 1.39. The minimum absolute atomic E-state index is 0.123. The van der Waals surface area contributed by atoms with E-state index >= 15 is 0 Å². The first kappa shape index (κ1) is 28.1. The molecule has 9 heteroatoms. The number of ether oxygens (including phenoxy) is 2. The summed E-state index contributed by atoms with van der Waals surface area (Å²) < 4.78 is 11.9. The van der Waals surface area contributed by atoms with Gasteiger partial charge in [-0.2, -0.15) is 0 Å². The molecule has 41 heavy (non-hydrogen) atoms. The average Bonchev–Trinajstić information content (AvgIpc) is 3.44. The third-order valence-electron chi connectivity index (χ3n) is 7.93. The number of rotatable bonds is 9. The number of fused-ring (bicyclic) bond motifs is 1. The number of hydrogen-bond acceptors (Lipinski definition) is 6. The Morgan fingerprint density at radius 1 is 1.15 bits per heavy atom. The summed E-state index contributed by atoms with van der Waals surface area (Å²) in [7, 11) is 1.60. The summed E-state index contributed by atoms with van der Waals surface area (Å²) in [6.07, 6.45) is 4.56. The molecular weight excluding hydrogens is 520 g/mol. The van der Waals surface area contributed by atoms with Crippen LogP contribution < -0.4 is 9.47 Å². The number of benzene rings is 2. The Morgan fingerprint density at radius 2 is 1.90 bits per heavy atom. The van der Waals surface area contributed by atoms with Gasteiger partial charge in [-0.1, -0.05) is 36.4 Å². The van der Waals surface area contributed by atoms with Gasteiger partial charge in [0.1, 0.15) is 23.6 Å². The number of amides is 1. The van der Waals surface area contributed by atoms with Crippen molar-refractivity contribution in [3.8, 4) is 22.8 Å². The summed E-state index contributed by atoms with van der Waals surface area (Å²) in [4.78, 5) is 34.1. The number of nitrogens with zero attached hydrogens (tertiary/aromatic N) is 3. The number of likely N-dealkylation sites (tertiary alicyclic amines) is 2. The fourth-order valence-electron chi connectivity index (χ4n) is 5.68. The number of carbonyl (C=O) groups is 2. The summed E-state index contributed by atoms with van der Waals surface area (Å²) in [5.41, 5.74) is 2.31. The first-order chi connectivity index (χ1) is 19.9. The zero-order valence-electron chi connectivity index (χ0n) is 23.3. The molecule has 3 aromatic rings. The molecule has 2 saturated heterocycles. The van der Waals surface area contributed by atoms with Crippen molar-refractivity contribution in [1.82, 2.24) is 14.8 Å². The average molecular weight is 557 g/mol. The molecule has 0 saturated carbocycles. The van der Waals surface area contributed by atoms with Crippen LogP contribution in [0.15, 0.2) is 67.3 Å². The molecule has 2 aliphatic rings. The van der Waals surface area contributed by atoms with Crippen LogP contribution in [0.3, 0.4) is 0 Å². The van der Waals surface area contributed by atoms with E-state index in [2.05, 4.69) is 6.58 Å². The molecule has 0 spiro atoms. The Labute approximate surface area is 239 Å². The summed E-state index contributed by atoms with van der Waals surface area (Å²) in [5.74, 6) is -0.470. The Bertz CT molecular complexity index is 1440. The highest BCUT2D eigenvalue weighted by molar-refractivity contribution is 5.91. The zero-order valence-corrected chi connectivity index (χ0v) is 23.3. The molecule has 3 atom stereocenters. The van der Waals surface area contributed by atoms with E-state index in [1.54, 1.807) is 7.11 Å². The van der Waals surface area contributed by atoms with Crippen molar-refractivity contribution in [3.05, 3.63) is 67.3 Å². The number of carboxylic acids is 1. The Kier molecular flexibility index (Phi) is 8.52. The molecular formula is C32H36N4O5. The number of amidine groups is 1. The van der Waals surface area contributed by atoms with E-state index in [1.165, 1.54) is 11.0 Å². The van der Waals surface area contributed by atoms with Crippen LogP contribution in [0.4, 0.5) is 0 Å². The fraction of sp³-hybridized carbons (Fsp3) is 0.375. The lowest BCUT2D eigenvalue weighted by molar-refractivity contribution is -0.149. The summed E-state index contributed by atoms with van der Waals surface area (Å²) in [6, 6.07) is 16.1. The number of methoxy groups -OCH3 is 1. The number of carboxylic acid groups (broad SMARTS) is 1. The quantitative estimate of drug-likeness (QED) is 0.216. The van der Waals surface area contributed by atoms with Crippen LogP contribution in [-0.4, -0.2) is 76.5 Å². The van der Waals surface area contributed by atoms with Crippen molar-refractivity contribution in [2.45, 2.75) is 44.2 Å². The van der Waals surface area contributed by atoms with Crippen LogP contribution in [0.1, 0.15) is 32.1 Å². The lowest BCUT2D eigenvalue weighted by Gasteiger charge is -2.31. The number of piperidine rings is 1. The van der Waals surface area contributed by atoms with E-state index < -0.39 is 24.0 Å². The molecule has 2 aromatic carbocycles. The lowest BCUT2D eigenvalue weighted by Crippen LogP contribution is -2.45. The smallest absolute Gasteiger partial charge is 0.326 e. The molecule has 1 aromatic heterocycles. The van der Waals surface area contributed by atoms with Crippen LogP contribution >= 0.6 is 0 Å². The summed E-state index contributed by atoms with van der Waals surface area (Å²) >= 11 is 0. The zero-order chi connectivity index (χ0) is 28.9. The second-order valence-corrected chi connectivity index (χ2v) is 10.6. The van der Waals surface area contributed by atoms with Crippen molar-refractivity contribution in [2.75, 3.05) is 26.7 Å². The van der Waals surface area contributed by atoms with E-state index in [9.17, 15) is 14.7 Å². The van der Waals surface area contributed by atoms with Gasteiger partial charge in [-0.15, -0.1) is 6.58 Å². The molecule has 5 rings (SSSR count). The van der Waals surface area contributed by atoms with E-state index in [4.69, 9.17) is 19.9 Å². The molecule has 0 radical (unpaired) electrons. The molecule has 3 unspecified atom stereocenters. The van der Waals surface area contributed by atoms with Crippen molar-refractivity contribution in [1.29, 1.82) is 5.41 Å². The van der Waals surface area contributed by atoms with Crippen molar-refractivity contribution in [2.24, 2.45) is 5.92 Å². The van der Waals surface area contributed by atoms with E-state index in [-0.39, 0.29) is 25.3 Å². The first-order valence-electron chi connectivity index (χ1n) is 14.1. The van der Waals surface area contributed by atoms with E-state index in [0.29, 0.717) is 28.5 Å². The summed E-state index contributed by atoms with van der Waals surface area (Å²) in [6.45, 7) is 5.58. The van der Waals surface area contributed by atoms with Gasteiger partial charge in [0.15, 0.2) is 0 Å². The van der Waals surface area contributed by atoms with Gasteiger partial charge >= 0.3 is 5.97 Å². The second kappa shape index (κ2) is 12.4. The molecule has 1 amide bonds. The largest absolute Gasteiger partial charge is 0.497 e. The maximum atomic E-state index is 13.6. The predicted molar refractivity (Wildman–Crippen MR) is 157 cm³/mol. The van der Waals surface area contributed by atoms with Crippen LogP contribution in [0.5, 0.6) is 11.5 Å². The van der Waals surface area contributed by atoms with Gasteiger partial charge in [0.25, 0.3) is 0 Å². The molecule has 0 bridgehead atoms. The van der Waals surface area contributed by atoms with Gasteiger partial charge in [-0.3, -0.25) is 10.2 Å². The van der Waals surface area contributed by atoms with E-state index in [1.807, 2.05) is 59.5 Å². The topological polar surface area (TPSA) is 116 Å². The molecule has 9 nitrogen and oxygen atoms in total. The molecule has 2 N–H and O–H groups in total. The van der Waals surface area contributed by atoms with Crippen molar-refractivity contribution < 1.29 is 24.2 Å². The Hall–Kier alpha value is -4.40. The minimum Gasteiger partial charge on any atom is -0.497 e. The van der Waals surface area contributed by atoms with Crippen LogP contribution in [0.25, 0.3) is 22.2 Å². The highest BCUT2D eigenvalue weighted by Crippen LogP contribution is 2.35. The number of nitrogens with one attached hydrogen (secondary N) is 1. The van der Waals surface area contributed by atoms with Gasteiger partial charge < -0.3 is 24.4 Å². The van der Waals surface area contributed by atoms with Crippen LogP contribution in [0.2, 0.25) is 0 Å². The van der Waals surface area contributed by atoms with Gasteiger partial charge in [0.2, 0.25) is 5.91 Å². The molecule has 3 heterocycles. The number of aromatic nitrogens is 1. The molecule has 2 aliphatic heterocycles. The monoisotopic (exact) mass is 556 g/mol. The number of pyridine rings is 1. The molecule has 214 valence electrons. The first-order valence-corrected chi connectivity index (χ1v) is 14.1. The third-order valence-corrected chi connectivity index (χ3v) is 7.93. The number of hydrogen-bond donors (Lipinski definition) is 2. The van der Waals surface area contributed by atoms with Crippen LogP contribution in [-0.2, 0) is 9.59 Å². The molecule has 2 fully saturated rings. The summed E-state index contributed by atoms with van der Waals surface area (Å²) in [5, 5.41) is 19.3. The minimum atomic E-state index is -1.08. The third kappa shape index (κ3) is 6.19. The van der Waals surface area contributed by atoms with Gasteiger partial charge in [0, 0.05) is 49.0 Å². The van der Waals surface area contributed by atoms with Crippen LogP contribution in [0, 0.1) is 11.3 Å². The maximum Gasteiger partial charge on any atom is 0.326 e. The maximum absolute atomic E-state index is 13.6. The number of carbonyl (C=O) groups excluding carboxylic acids is 1. The van der Waals surface area contributed by atoms with Gasteiger partial charge in [-0.25, -0.2) is 9.78 Å². The normalized spacial score (nSPS) is 19.5. The van der Waals surface area contributed by atoms with Gasteiger partial charge in [0.05, 0.1) is 36.6 Å². The second-order valence-electron chi connectivity index (χ2n) is 10.6. The van der Waals surface area contributed by atoms with Crippen molar-refractivity contribution in [3.63, 3.8) is 0 Å². The highest BCUT2D eigenvalue weighted by Gasteiger charge is 2.42. The lowest BCUT2D eigenvalue weighted by atomic mass is 10.0. The van der Waals surface area contributed by atoms with Gasteiger partial charge in [-0.05, 0) is 31.4 Å². The van der Waals surface area contributed by atoms with Crippen molar-refractivity contribution >= 4 is 28.6 Å². The predicted octanol–water partition coefficient (Wildman–Crippen LogP) is 5.00.